The van der Waals surface area contributed by atoms with E-state index in [-0.39, 0.29) is 4.90 Å². The fourth-order valence-corrected chi connectivity index (χ4v) is 5.36. The Morgan fingerprint density at radius 2 is 1.70 bits per heavy atom. The molecule has 1 fully saturated rings. The van der Waals surface area contributed by atoms with Gasteiger partial charge in [0.05, 0.1) is 23.2 Å². The summed E-state index contributed by atoms with van der Waals surface area (Å²) in [5.41, 5.74) is 0.820. The van der Waals surface area contributed by atoms with Crippen LogP contribution in [0.15, 0.2) is 76.2 Å². The van der Waals surface area contributed by atoms with Crippen LogP contribution in [0.25, 0.3) is 10.9 Å². The van der Waals surface area contributed by atoms with Gasteiger partial charge in [-0.15, -0.1) is 0 Å². The number of nitrogens with zero attached hydrogens (tertiary/aromatic N) is 4. The van der Waals surface area contributed by atoms with Crippen LogP contribution in [0.2, 0.25) is 5.02 Å². The summed E-state index contributed by atoms with van der Waals surface area (Å²) in [7, 11) is -3.58. The van der Waals surface area contributed by atoms with Gasteiger partial charge in [0.1, 0.15) is 11.6 Å². The Hall–Kier alpha value is -3.14. The molecule has 0 atom stereocenters. The summed E-state index contributed by atoms with van der Waals surface area (Å²) in [5, 5.41) is 4.76. The van der Waals surface area contributed by atoms with Gasteiger partial charge in [-0.1, -0.05) is 23.7 Å². The first-order valence-electron chi connectivity index (χ1n) is 10.5. The maximum Gasteiger partial charge on any atom is 0.243 e. The zero-order valence-corrected chi connectivity index (χ0v) is 19.3. The minimum atomic E-state index is -3.58. The number of nitrogens with one attached hydrogen (secondary N) is 1. The number of hydrogen-bond acceptors (Lipinski definition) is 7. The molecule has 0 aliphatic carbocycles. The molecule has 2 aromatic carbocycles. The van der Waals surface area contributed by atoms with Crippen molar-refractivity contribution in [3.05, 3.63) is 77.7 Å². The van der Waals surface area contributed by atoms with E-state index in [2.05, 4.69) is 5.32 Å². The van der Waals surface area contributed by atoms with Crippen molar-refractivity contribution in [1.29, 1.82) is 0 Å². The number of furan rings is 1. The van der Waals surface area contributed by atoms with E-state index in [1.807, 2.05) is 41.3 Å². The zero-order valence-electron chi connectivity index (χ0n) is 17.7. The lowest BCUT2D eigenvalue weighted by Gasteiger charge is -2.34. The van der Waals surface area contributed by atoms with Gasteiger partial charge in [-0.25, -0.2) is 13.4 Å². The van der Waals surface area contributed by atoms with Crippen LogP contribution in [0.5, 0.6) is 0 Å². The van der Waals surface area contributed by atoms with Crippen molar-refractivity contribution in [1.82, 2.24) is 14.3 Å². The number of benzene rings is 2. The number of sulfonamides is 1. The quantitative estimate of drug-likeness (QED) is 0.443. The fourth-order valence-electron chi connectivity index (χ4n) is 3.81. The van der Waals surface area contributed by atoms with Crippen LogP contribution < -0.4 is 10.2 Å². The molecule has 5 rings (SSSR count). The van der Waals surface area contributed by atoms with Crippen molar-refractivity contribution in [2.45, 2.75) is 11.4 Å². The van der Waals surface area contributed by atoms with Gasteiger partial charge in [0.15, 0.2) is 0 Å². The van der Waals surface area contributed by atoms with E-state index in [0.717, 1.165) is 16.7 Å². The van der Waals surface area contributed by atoms with Gasteiger partial charge in [-0.05, 0) is 48.5 Å². The number of aromatic nitrogens is 2. The number of halogens is 1. The summed E-state index contributed by atoms with van der Waals surface area (Å²) in [6.07, 6.45) is 1.64. The van der Waals surface area contributed by atoms with E-state index in [4.69, 9.17) is 26.0 Å². The molecule has 33 heavy (non-hydrogen) atoms. The Bertz CT molecular complexity index is 1350. The maximum absolute atomic E-state index is 13.0. The molecule has 0 amide bonds. The Kier molecular flexibility index (Phi) is 5.92. The number of para-hydroxylation sites is 1. The second-order valence-electron chi connectivity index (χ2n) is 7.67. The Balaban J connectivity index is 1.35. The zero-order chi connectivity index (χ0) is 22.8. The largest absolute Gasteiger partial charge is 0.467 e. The molecule has 3 heterocycles. The minimum Gasteiger partial charge on any atom is -0.467 e. The molecule has 0 spiro atoms. The second kappa shape index (κ2) is 9.01. The van der Waals surface area contributed by atoms with Gasteiger partial charge in [-0.3, -0.25) is 0 Å². The molecule has 1 N–H and O–H groups in total. The van der Waals surface area contributed by atoms with Gasteiger partial charge >= 0.3 is 0 Å². The van der Waals surface area contributed by atoms with Crippen LogP contribution in [-0.4, -0.2) is 48.9 Å². The van der Waals surface area contributed by atoms with Gasteiger partial charge in [0.2, 0.25) is 16.0 Å². The van der Waals surface area contributed by atoms with E-state index < -0.39 is 10.0 Å². The summed E-state index contributed by atoms with van der Waals surface area (Å²) < 4.78 is 32.9. The van der Waals surface area contributed by atoms with Crippen LogP contribution >= 0.6 is 11.6 Å². The van der Waals surface area contributed by atoms with Gasteiger partial charge in [0.25, 0.3) is 0 Å². The highest BCUT2D eigenvalue weighted by Crippen LogP contribution is 2.26. The first-order chi connectivity index (χ1) is 16.0. The number of anilines is 2. The van der Waals surface area contributed by atoms with E-state index in [1.54, 1.807) is 18.4 Å². The molecule has 2 aromatic heterocycles. The molecule has 0 bridgehead atoms. The number of rotatable bonds is 6. The molecule has 1 aliphatic heterocycles. The SMILES string of the molecule is O=S(=O)(c1ccc(Cl)cc1)N1CCN(c2nc(NCc3ccco3)c3ccccc3n2)CC1. The monoisotopic (exact) mass is 483 g/mol. The molecule has 4 aromatic rings. The first-order valence-corrected chi connectivity index (χ1v) is 12.4. The molecule has 0 radical (unpaired) electrons. The minimum absolute atomic E-state index is 0.242. The van der Waals surface area contributed by atoms with E-state index in [9.17, 15) is 8.42 Å². The third kappa shape index (κ3) is 4.52. The lowest BCUT2D eigenvalue weighted by atomic mass is 10.2. The average molecular weight is 484 g/mol. The molecule has 8 nitrogen and oxygen atoms in total. The third-order valence-electron chi connectivity index (χ3n) is 5.57. The second-order valence-corrected chi connectivity index (χ2v) is 10.0. The third-order valence-corrected chi connectivity index (χ3v) is 7.74. The standard InChI is InChI=1S/C23H22ClN5O3S/c24-17-7-9-19(10-8-17)33(30,31)29-13-11-28(12-14-29)23-26-21-6-2-1-5-20(21)22(27-23)25-16-18-4-3-15-32-18/h1-10,15H,11-14,16H2,(H,25,26,27). The lowest BCUT2D eigenvalue weighted by Crippen LogP contribution is -2.49. The molecule has 170 valence electrons. The van der Waals surface area contributed by atoms with E-state index >= 15 is 0 Å². The molecule has 1 saturated heterocycles. The van der Waals surface area contributed by atoms with Gasteiger partial charge in [-0.2, -0.15) is 9.29 Å². The van der Waals surface area contributed by atoms with Crippen molar-refractivity contribution in [3.63, 3.8) is 0 Å². The van der Waals surface area contributed by atoms with Crippen LogP contribution in [0, 0.1) is 0 Å². The van der Waals surface area contributed by atoms with Gasteiger partial charge < -0.3 is 14.6 Å². The fraction of sp³-hybridized carbons (Fsp3) is 0.217. The van der Waals surface area contributed by atoms with E-state index in [1.165, 1.54) is 16.4 Å². The van der Waals surface area contributed by atoms with Crippen LogP contribution in [0.3, 0.4) is 0 Å². The first kappa shape index (κ1) is 21.7. The Morgan fingerprint density at radius 3 is 2.42 bits per heavy atom. The summed E-state index contributed by atoms with van der Waals surface area (Å²) in [6, 6.07) is 17.8. The summed E-state index contributed by atoms with van der Waals surface area (Å²) in [6.45, 7) is 2.17. The van der Waals surface area contributed by atoms with Crippen LogP contribution in [-0.2, 0) is 16.6 Å². The van der Waals surface area contributed by atoms with Gasteiger partial charge in [0, 0.05) is 36.6 Å². The molecule has 0 unspecified atom stereocenters. The summed E-state index contributed by atoms with van der Waals surface area (Å²) in [4.78, 5) is 11.7. The predicted octanol–water partition coefficient (Wildman–Crippen LogP) is 4.00. The van der Waals surface area contributed by atoms with Crippen LogP contribution in [0.1, 0.15) is 5.76 Å². The number of fused-ring (bicyclic) bond motifs is 1. The molecule has 0 saturated carbocycles. The molecular formula is C23H22ClN5O3S. The number of piperazine rings is 1. The highest BCUT2D eigenvalue weighted by Gasteiger charge is 2.29. The van der Waals surface area contributed by atoms with Crippen LogP contribution in [0.4, 0.5) is 11.8 Å². The normalized spacial score (nSPS) is 15.1. The summed E-state index contributed by atoms with van der Waals surface area (Å²) >= 11 is 5.90. The van der Waals surface area contributed by atoms with Crippen molar-refractivity contribution < 1.29 is 12.8 Å². The molecular weight excluding hydrogens is 462 g/mol. The highest BCUT2D eigenvalue weighted by molar-refractivity contribution is 7.89. The summed E-state index contributed by atoms with van der Waals surface area (Å²) in [5.74, 6) is 2.09. The molecule has 1 aliphatic rings. The Labute approximate surface area is 196 Å². The topological polar surface area (TPSA) is 91.6 Å². The van der Waals surface area contributed by atoms with Crippen molar-refractivity contribution >= 4 is 44.3 Å². The van der Waals surface area contributed by atoms with E-state index in [0.29, 0.717) is 49.5 Å². The van der Waals surface area contributed by atoms with Crippen molar-refractivity contribution in [2.75, 3.05) is 36.4 Å². The predicted molar refractivity (Wildman–Crippen MR) is 128 cm³/mol. The Morgan fingerprint density at radius 1 is 0.939 bits per heavy atom. The van der Waals surface area contributed by atoms with Crippen molar-refractivity contribution in [3.8, 4) is 0 Å². The molecule has 10 heteroatoms. The number of hydrogen-bond donors (Lipinski definition) is 1. The van der Waals surface area contributed by atoms with Crippen molar-refractivity contribution in [2.24, 2.45) is 0 Å². The average Bonchev–Trinajstić information content (AvgIpc) is 3.36. The smallest absolute Gasteiger partial charge is 0.243 e. The maximum atomic E-state index is 13.0. The highest BCUT2D eigenvalue weighted by atomic mass is 35.5. The lowest BCUT2D eigenvalue weighted by molar-refractivity contribution is 0.382.